The SMILES string of the molecule is CCN1C(=O)c2ccccc2N2C(=O)CCC12C(=O)ON1C(=O)c2ccccc2C1=O. The molecule has 0 radical (unpaired) electrons. The van der Waals surface area contributed by atoms with Crippen molar-refractivity contribution in [1.82, 2.24) is 9.96 Å². The Morgan fingerprint density at radius 3 is 2.10 bits per heavy atom. The molecule has 9 heteroatoms. The first-order valence-electron chi connectivity index (χ1n) is 9.86. The molecule has 0 aliphatic carbocycles. The maximum Gasteiger partial charge on any atom is 0.379 e. The van der Waals surface area contributed by atoms with E-state index in [0.717, 1.165) is 0 Å². The highest BCUT2D eigenvalue weighted by Gasteiger charge is 2.62. The Morgan fingerprint density at radius 1 is 0.903 bits per heavy atom. The maximum absolute atomic E-state index is 13.5. The van der Waals surface area contributed by atoms with E-state index in [-0.39, 0.29) is 36.4 Å². The van der Waals surface area contributed by atoms with Gasteiger partial charge in [-0.15, -0.1) is 0 Å². The van der Waals surface area contributed by atoms with Crippen LogP contribution in [-0.4, -0.2) is 51.8 Å². The largest absolute Gasteiger partial charge is 0.379 e. The Bertz CT molecular complexity index is 1160. The number of carbonyl (C=O) groups excluding carboxylic acids is 5. The molecule has 3 aliphatic heterocycles. The summed E-state index contributed by atoms with van der Waals surface area (Å²) in [6.45, 7) is 1.80. The molecule has 2 aromatic carbocycles. The van der Waals surface area contributed by atoms with Gasteiger partial charge in [-0.3, -0.25) is 24.1 Å². The average molecular weight is 419 g/mol. The molecule has 0 N–H and O–H groups in total. The van der Waals surface area contributed by atoms with E-state index >= 15 is 0 Å². The molecule has 0 aromatic heterocycles. The second-order valence-electron chi connectivity index (χ2n) is 7.44. The molecule has 156 valence electrons. The van der Waals surface area contributed by atoms with Gasteiger partial charge in [0.15, 0.2) is 0 Å². The second kappa shape index (κ2) is 6.49. The van der Waals surface area contributed by atoms with E-state index in [1.807, 2.05) is 0 Å². The minimum Gasteiger partial charge on any atom is -0.325 e. The number of hydroxylamine groups is 2. The molecule has 0 bridgehead atoms. The van der Waals surface area contributed by atoms with Crippen molar-refractivity contribution < 1.29 is 28.8 Å². The molecule has 1 atom stereocenters. The van der Waals surface area contributed by atoms with E-state index in [2.05, 4.69) is 0 Å². The smallest absolute Gasteiger partial charge is 0.325 e. The monoisotopic (exact) mass is 419 g/mol. The van der Waals surface area contributed by atoms with Crippen LogP contribution in [0, 0.1) is 0 Å². The highest BCUT2D eigenvalue weighted by atomic mass is 16.7. The summed E-state index contributed by atoms with van der Waals surface area (Å²) < 4.78 is 0. The van der Waals surface area contributed by atoms with Gasteiger partial charge in [-0.05, 0) is 31.2 Å². The number of nitrogens with zero attached hydrogens (tertiary/aromatic N) is 3. The fraction of sp³-hybridized carbons (Fsp3) is 0.227. The second-order valence-corrected chi connectivity index (χ2v) is 7.44. The highest BCUT2D eigenvalue weighted by Crippen LogP contribution is 2.45. The van der Waals surface area contributed by atoms with Crippen LogP contribution in [0.5, 0.6) is 0 Å². The molecule has 1 fully saturated rings. The summed E-state index contributed by atoms with van der Waals surface area (Å²) >= 11 is 0. The summed E-state index contributed by atoms with van der Waals surface area (Å²) in [7, 11) is 0. The van der Waals surface area contributed by atoms with Crippen molar-refractivity contribution in [2.24, 2.45) is 0 Å². The van der Waals surface area contributed by atoms with Crippen molar-refractivity contribution in [2.75, 3.05) is 11.4 Å². The van der Waals surface area contributed by atoms with Crippen molar-refractivity contribution in [1.29, 1.82) is 0 Å². The van der Waals surface area contributed by atoms with Crippen molar-refractivity contribution >= 4 is 35.3 Å². The fourth-order valence-corrected chi connectivity index (χ4v) is 4.58. The third-order valence-corrected chi connectivity index (χ3v) is 5.95. The van der Waals surface area contributed by atoms with Crippen molar-refractivity contribution in [2.45, 2.75) is 25.4 Å². The molecule has 31 heavy (non-hydrogen) atoms. The standard InChI is InChI=1S/C22H17N3O6/c1-2-23-18(27)15-9-5-6-10-16(15)24-17(26)11-12-22(23,24)21(30)31-25-19(28)13-7-3-4-8-14(13)20(25)29/h3-10H,2,11-12H2,1H3. The third-order valence-electron chi connectivity index (χ3n) is 5.95. The lowest BCUT2D eigenvalue weighted by Gasteiger charge is -2.47. The first-order valence-corrected chi connectivity index (χ1v) is 9.86. The molecule has 9 nitrogen and oxygen atoms in total. The quantitative estimate of drug-likeness (QED) is 0.702. The number of likely N-dealkylation sites (N-methyl/N-ethyl adjacent to an activating group) is 1. The Hall–Kier alpha value is -4.01. The van der Waals surface area contributed by atoms with Crippen LogP contribution in [0.2, 0.25) is 0 Å². The predicted molar refractivity (Wildman–Crippen MR) is 106 cm³/mol. The van der Waals surface area contributed by atoms with E-state index in [0.29, 0.717) is 16.3 Å². The molecule has 3 heterocycles. The average Bonchev–Trinajstić information content (AvgIpc) is 3.25. The number of imide groups is 1. The van der Waals surface area contributed by atoms with Crippen LogP contribution in [0.4, 0.5) is 5.69 Å². The van der Waals surface area contributed by atoms with Gasteiger partial charge in [-0.1, -0.05) is 29.3 Å². The van der Waals surface area contributed by atoms with Crippen molar-refractivity contribution in [3.05, 3.63) is 65.2 Å². The van der Waals surface area contributed by atoms with Gasteiger partial charge in [-0.2, -0.15) is 0 Å². The number of amides is 4. The number of anilines is 1. The molecule has 4 amide bonds. The van der Waals surface area contributed by atoms with Crippen molar-refractivity contribution in [3.63, 3.8) is 0 Å². The van der Waals surface area contributed by atoms with Gasteiger partial charge in [-0.25, -0.2) is 4.79 Å². The Labute approximate surface area is 176 Å². The molecular weight excluding hydrogens is 402 g/mol. The maximum atomic E-state index is 13.5. The van der Waals surface area contributed by atoms with Crippen LogP contribution in [0.1, 0.15) is 50.8 Å². The molecule has 2 aromatic rings. The van der Waals surface area contributed by atoms with Crippen LogP contribution in [0.3, 0.4) is 0 Å². The third kappa shape index (κ3) is 2.34. The van der Waals surface area contributed by atoms with Gasteiger partial charge in [0.05, 0.1) is 22.4 Å². The molecule has 5 rings (SSSR count). The lowest BCUT2D eigenvalue weighted by atomic mass is 9.96. The number of fused-ring (bicyclic) bond motifs is 4. The zero-order valence-electron chi connectivity index (χ0n) is 16.5. The van der Waals surface area contributed by atoms with Gasteiger partial charge in [0, 0.05) is 19.4 Å². The van der Waals surface area contributed by atoms with E-state index in [4.69, 9.17) is 4.84 Å². The number of carbonyl (C=O) groups is 5. The molecule has 1 unspecified atom stereocenters. The Balaban J connectivity index is 1.58. The number of hydrogen-bond acceptors (Lipinski definition) is 6. The normalized spacial score (nSPS) is 21.9. The van der Waals surface area contributed by atoms with Crippen molar-refractivity contribution in [3.8, 4) is 0 Å². The lowest BCUT2D eigenvalue weighted by Crippen LogP contribution is -2.69. The summed E-state index contributed by atoms with van der Waals surface area (Å²) in [5.74, 6) is -3.35. The van der Waals surface area contributed by atoms with Gasteiger partial charge in [0.2, 0.25) is 11.6 Å². The summed E-state index contributed by atoms with van der Waals surface area (Å²) in [5, 5.41) is 0.404. The summed E-state index contributed by atoms with van der Waals surface area (Å²) in [4.78, 5) is 72.7. The number of para-hydroxylation sites is 1. The molecular formula is C22H17N3O6. The topological polar surface area (TPSA) is 104 Å². The zero-order valence-corrected chi connectivity index (χ0v) is 16.5. The summed E-state index contributed by atoms with van der Waals surface area (Å²) in [6.07, 6.45) is -0.00289. The first-order chi connectivity index (χ1) is 14.9. The van der Waals surface area contributed by atoms with E-state index in [1.54, 1.807) is 43.3 Å². The van der Waals surface area contributed by atoms with Crippen LogP contribution < -0.4 is 4.90 Å². The van der Waals surface area contributed by atoms with Crippen LogP contribution in [0.25, 0.3) is 0 Å². The molecule has 1 saturated heterocycles. The van der Waals surface area contributed by atoms with Gasteiger partial charge < -0.3 is 9.74 Å². The van der Waals surface area contributed by atoms with Gasteiger partial charge >= 0.3 is 5.97 Å². The molecule has 0 saturated carbocycles. The Kier molecular flexibility index (Phi) is 3.98. The molecule has 0 spiro atoms. The van der Waals surface area contributed by atoms with Crippen LogP contribution in [-0.2, 0) is 14.4 Å². The van der Waals surface area contributed by atoms with E-state index < -0.39 is 29.4 Å². The lowest BCUT2D eigenvalue weighted by molar-refractivity contribution is -0.181. The fourth-order valence-electron chi connectivity index (χ4n) is 4.58. The predicted octanol–water partition coefficient (Wildman–Crippen LogP) is 1.74. The van der Waals surface area contributed by atoms with E-state index in [1.165, 1.54) is 21.9 Å². The number of rotatable bonds is 3. The van der Waals surface area contributed by atoms with Gasteiger partial charge in [0.25, 0.3) is 17.7 Å². The van der Waals surface area contributed by atoms with Crippen LogP contribution >= 0.6 is 0 Å². The van der Waals surface area contributed by atoms with Crippen LogP contribution in [0.15, 0.2) is 48.5 Å². The number of benzene rings is 2. The summed E-state index contributed by atoms with van der Waals surface area (Å²) in [6, 6.07) is 12.6. The highest BCUT2D eigenvalue weighted by molar-refractivity contribution is 6.21. The number of hydrogen-bond donors (Lipinski definition) is 0. The summed E-state index contributed by atoms with van der Waals surface area (Å²) in [5.41, 5.74) is -0.932. The Morgan fingerprint density at radius 2 is 1.48 bits per heavy atom. The first kappa shape index (κ1) is 19.0. The minimum absolute atomic E-state index is 0.00926. The zero-order chi connectivity index (χ0) is 21.9. The molecule has 3 aliphatic rings. The van der Waals surface area contributed by atoms with Gasteiger partial charge in [0.1, 0.15) is 0 Å². The van der Waals surface area contributed by atoms with E-state index in [9.17, 15) is 24.0 Å². The minimum atomic E-state index is -1.77.